The smallest absolute Gasteiger partial charge is 0.314 e. The van der Waals surface area contributed by atoms with Gasteiger partial charge in [0.2, 0.25) is 0 Å². The molecule has 2 N–H and O–H groups in total. The van der Waals surface area contributed by atoms with Crippen molar-refractivity contribution in [2.45, 2.75) is 37.7 Å². The predicted molar refractivity (Wildman–Crippen MR) is 60.4 cm³/mol. The minimum Gasteiger partial charge on any atom is -0.481 e. The van der Waals surface area contributed by atoms with E-state index in [2.05, 4.69) is 0 Å². The first-order valence-corrected chi connectivity index (χ1v) is 5.60. The molecule has 86 valence electrons. The zero-order chi connectivity index (χ0) is 11.8. The van der Waals surface area contributed by atoms with Crippen LogP contribution >= 0.6 is 0 Å². The van der Waals surface area contributed by atoms with Gasteiger partial charge < -0.3 is 10.2 Å². The number of aryl methyl sites for hydroxylation is 1. The third kappa shape index (κ3) is 1.52. The zero-order valence-electron chi connectivity index (χ0n) is 9.31. The molecule has 0 radical (unpaired) electrons. The van der Waals surface area contributed by atoms with Crippen LogP contribution in [0.25, 0.3) is 0 Å². The Balaban J connectivity index is 2.44. The van der Waals surface area contributed by atoms with Gasteiger partial charge in [-0.2, -0.15) is 0 Å². The van der Waals surface area contributed by atoms with Crippen LogP contribution in [0.4, 0.5) is 0 Å². The second-order valence-electron chi connectivity index (χ2n) is 4.46. The van der Waals surface area contributed by atoms with E-state index < -0.39 is 17.5 Å². The fourth-order valence-electron chi connectivity index (χ4n) is 2.55. The molecule has 1 aliphatic carbocycles. The van der Waals surface area contributed by atoms with Gasteiger partial charge >= 0.3 is 5.97 Å². The molecule has 0 spiro atoms. The molecule has 1 fully saturated rings. The molecule has 1 aromatic carbocycles. The molecule has 3 nitrogen and oxygen atoms in total. The van der Waals surface area contributed by atoms with Crippen molar-refractivity contribution in [1.29, 1.82) is 0 Å². The summed E-state index contributed by atoms with van der Waals surface area (Å²) in [6.45, 7) is 2.02. The van der Waals surface area contributed by atoms with E-state index >= 15 is 0 Å². The van der Waals surface area contributed by atoms with Crippen molar-refractivity contribution in [1.82, 2.24) is 0 Å². The maximum Gasteiger partial charge on any atom is 0.314 e. The van der Waals surface area contributed by atoms with E-state index in [4.69, 9.17) is 0 Å². The van der Waals surface area contributed by atoms with Crippen LogP contribution in [0.15, 0.2) is 24.3 Å². The van der Waals surface area contributed by atoms with Gasteiger partial charge in [-0.15, -0.1) is 0 Å². The number of benzene rings is 1. The van der Waals surface area contributed by atoms with Gasteiger partial charge in [0.1, 0.15) is 0 Å². The minimum absolute atomic E-state index is 0.333. The number of carboxylic acids is 1. The first-order chi connectivity index (χ1) is 7.60. The number of aliphatic hydroxyl groups excluding tert-OH is 1. The Morgan fingerprint density at radius 1 is 1.44 bits per heavy atom. The Labute approximate surface area is 94.7 Å². The molecule has 0 atom stereocenters. The van der Waals surface area contributed by atoms with E-state index in [-0.39, 0.29) is 0 Å². The first kappa shape index (κ1) is 11.1. The van der Waals surface area contributed by atoms with E-state index in [0.29, 0.717) is 12.8 Å². The molecule has 16 heavy (non-hydrogen) atoms. The minimum atomic E-state index is -0.855. The van der Waals surface area contributed by atoms with Crippen molar-refractivity contribution < 1.29 is 15.0 Å². The van der Waals surface area contributed by atoms with Gasteiger partial charge in [0, 0.05) is 0 Å². The van der Waals surface area contributed by atoms with Crippen LogP contribution in [0.3, 0.4) is 0 Å². The Bertz CT molecular complexity index is 405. The van der Waals surface area contributed by atoms with Gasteiger partial charge in [0.15, 0.2) is 0 Å². The summed E-state index contributed by atoms with van der Waals surface area (Å²) in [5.74, 6) is -0.821. The van der Waals surface area contributed by atoms with Crippen molar-refractivity contribution in [2.75, 3.05) is 0 Å². The maximum atomic E-state index is 11.4. The van der Waals surface area contributed by atoms with Gasteiger partial charge in [-0.25, -0.2) is 0 Å². The highest BCUT2D eigenvalue weighted by atomic mass is 16.4. The van der Waals surface area contributed by atoms with Crippen molar-refractivity contribution >= 4 is 5.97 Å². The van der Waals surface area contributed by atoms with Crippen LogP contribution in [-0.2, 0) is 16.6 Å². The molecule has 0 saturated heterocycles. The van der Waals surface area contributed by atoms with Gasteiger partial charge in [0.05, 0.1) is 11.5 Å². The molecule has 3 heteroatoms. The highest BCUT2D eigenvalue weighted by Gasteiger charge is 2.51. The second-order valence-corrected chi connectivity index (χ2v) is 4.46. The Hall–Kier alpha value is -1.35. The highest BCUT2D eigenvalue weighted by molar-refractivity contribution is 5.83. The van der Waals surface area contributed by atoms with Crippen LogP contribution in [-0.4, -0.2) is 22.3 Å². The van der Waals surface area contributed by atoms with Crippen molar-refractivity contribution in [3.05, 3.63) is 35.4 Å². The maximum absolute atomic E-state index is 11.4. The Morgan fingerprint density at radius 3 is 2.56 bits per heavy atom. The van der Waals surface area contributed by atoms with Gasteiger partial charge in [-0.05, 0) is 30.4 Å². The third-order valence-electron chi connectivity index (χ3n) is 3.49. The van der Waals surface area contributed by atoms with Gasteiger partial charge in [-0.3, -0.25) is 4.79 Å². The van der Waals surface area contributed by atoms with Crippen molar-refractivity contribution in [3.8, 4) is 0 Å². The SMILES string of the molecule is CCc1ccccc1C1(C(=O)O)CC(O)C1. The van der Waals surface area contributed by atoms with Gasteiger partial charge in [0.25, 0.3) is 0 Å². The quantitative estimate of drug-likeness (QED) is 0.815. The molecule has 2 rings (SSSR count). The summed E-state index contributed by atoms with van der Waals surface area (Å²) in [4.78, 5) is 11.4. The number of hydrogen-bond acceptors (Lipinski definition) is 2. The van der Waals surface area contributed by atoms with Crippen molar-refractivity contribution in [2.24, 2.45) is 0 Å². The summed E-state index contributed by atoms with van der Waals surface area (Å²) in [7, 11) is 0. The first-order valence-electron chi connectivity index (χ1n) is 5.60. The second kappa shape index (κ2) is 3.91. The molecule has 1 aliphatic rings. The topological polar surface area (TPSA) is 57.5 Å². The number of rotatable bonds is 3. The van der Waals surface area contributed by atoms with Crippen LogP contribution in [0.5, 0.6) is 0 Å². The lowest BCUT2D eigenvalue weighted by Gasteiger charge is -2.43. The summed E-state index contributed by atoms with van der Waals surface area (Å²) in [5.41, 5.74) is 1.08. The molecule has 1 aromatic rings. The van der Waals surface area contributed by atoms with E-state index in [1.54, 1.807) is 0 Å². The molecule has 0 bridgehead atoms. The Kier molecular flexibility index (Phi) is 2.72. The number of carbonyl (C=O) groups is 1. The van der Waals surface area contributed by atoms with Crippen LogP contribution in [0, 0.1) is 0 Å². The van der Waals surface area contributed by atoms with Crippen LogP contribution in [0.1, 0.15) is 30.9 Å². The van der Waals surface area contributed by atoms with Crippen molar-refractivity contribution in [3.63, 3.8) is 0 Å². The molecular weight excluding hydrogens is 204 g/mol. The summed E-state index contributed by atoms with van der Waals surface area (Å²) < 4.78 is 0. The van der Waals surface area contributed by atoms with Gasteiger partial charge in [-0.1, -0.05) is 31.2 Å². The number of aliphatic hydroxyl groups is 1. The fraction of sp³-hybridized carbons (Fsp3) is 0.462. The number of aliphatic carboxylic acids is 1. The predicted octanol–water partition coefficient (Wildman–Crippen LogP) is 1.73. The lowest BCUT2D eigenvalue weighted by atomic mass is 9.61. The molecule has 0 aliphatic heterocycles. The van der Waals surface area contributed by atoms with E-state index in [9.17, 15) is 15.0 Å². The normalized spacial score (nSPS) is 28.5. The Morgan fingerprint density at radius 2 is 2.06 bits per heavy atom. The molecule has 0 aromatic heterocycles. The van der Waals surface area contributed by atoms with Crippen LogP contribution in [0.2, 0.25) is 0 Å². The molecule has 1 saturated carbocycles. The summed E-state index contributed by atoms with van der Waals surface area (Å²) in [6.07, 6.45) is 1.01. The summed E-state index contributed by atoms with van der Waals surface area (Å²) in [6, 6.07) is 7.63. The number of hydrogen-bond donors (Lipinski definition) is 2. The van der Waals surface area contributed by atoms with E-state index in [0.717, 1.165) is 17.5 Å². The largest absolute Gasteiger partial charge is 0.481 e. The standard InChI is InChI=1S/C13H16O3/c1-2-9-5-3-4-6-11(9)13(12(15)16)7-10(14)8-13/h3-6,10,14H,2,7-8H2,1H3,(H,15,16). The lowest BCUT2D eigenvalue weighted by molar-refractivity contribution is -0.153. The summed E-state index contributed by atoms with van der Waals surface area (Å²) >= 11 is 0. The zero-order valence-corrected chi connectivity index (χ0v) is 9.31. The fourth-order valence-corrected chi connectivity index (χ4v) is 2.55. The highest BCUT2D eigenvalue weighted by Crippen LogP contribution is 2.45. The number of carboxylic acid groups (broad SMARTS) is 1. The monoisotopic (exact) mass is 220 g/mol. The lowest BCUT2D eigenvalue weighted by Crippen LogP contribution is -2.51. The average molecular weight is 220 g/mol. The average Bonchev–Trinajstić information content (AvgIpc) is 2.24. The van der Waals surface area contributed by atoms with E-state index in [1.807, 2.05) is 31.2 Å². The van der Waals surface area contributed by atoms with E-state index in [1.165, 1.54) is 0 Å². The molecular formula is C13H16O3. The van der Waals surface area contributed by atoms with Crippen LogP contribution < -0.4 is 0 Å². The molecule has 0 unspecified atom stereocenters. The third-order valence-corrected chi connectivity index (χ3v) is 3.49. The summed E-state index contributed by atoms with van der Waals surface area (Å²) in [5, 5.41) is 18.8. The molecule has 0 heterocycles. The molecule has 0 amide bonds.